The maximum absolute atomic E-state index is 12.8. The van der Waals surface area contributed by atoms with Crippen LogP contribution in [0.5, 0.6) is 0 Å². The molecule has 0 unspecified atom stereocenters. The molecule has 0 fully saturated rings. The lowest BCUT2D eigenvalue weighted by Crippen LogP contribution is -2.25. The van der Waals surface area contributed by atoms with E-state index in [2.05, 4.69) is 10.3 Å². The highest BCUT2D eigenvalue weighted by Crippen LogP contribution is 2.18. The zero-order valence-corrected chi connectivity index (χ0v) is 16.3. The Balaban J connectivity index is 1.59. The number of carbonyl (C=O) groups is 2. The molecule has 0 atom stereocenters. The van der Waals surface area contributed by atoms with Crippen LogP contribution in [0.4, 0.5) is 0 Å². The van der Waals surface area contributed by atoms with Crippen molar-refractivity contribution < 1.29 is 9.59 Å². The molecule has 0 saturated heterocycles. The zero-order chi connectivity index (χ0) is 20.2. The first-order valence-corrected chi connectivity index (χ1v) is 9.56. The molecule has 3 aromatic carbocycles. The molecule has 1 amide bonds. The van der Waals surface area contributed by atoms with Crippen LogP contribution < -0.4 is 5.32 Å². The van der Waals surface area contributed by atoms with Gasteiger partial charge in [-0.1, -0.05) is 60.1 Å². The summed E-state index contributed by atoms with van der Waals surface area (Å²) >= 11 is 5.97. The van der Waals surface area contributed by atoms with Gasteiger partial charge in [0.25, 0.3) is 5.91 Å². The van der Waals surface area contributed by atoms with Gasteiger partial charge in [-0.2, -0.15) is 0 Å². The highest BCUT2D eigenvalue weighted by atomic mass is 35.5. The molecule has 0 spiro atoms. The topological polar surface area (TPSA) is 64.0 Å². The van der Waals surface area contributed by atoms with Gasteiger partial charge in [0.15, 0.2) is 5.78 Å². The number of carbonyl (C=O) groups excluding carboxylic acids is 2. The Morgan fingerprint density at radius 3 is 2.41 bits per heavy atom. The van der Waals surface area contributed by atoms with E-state index >= 15 is 0 Å². The van der Waals surface area contributed by atoms with Gasteiger partial charge < -0.3 is 9.88 Å². The van der Waals surface area contributed by atoms with Crippen LogP contribution in [0.2, 0.25) is 5.02 Å². The number of hydrogen-bond donors (Lipinski definition) is 1. The molecular formula is C23H18ClN3O2. The maximum Gasteiger partial charge on any atom is 0.251 e. The number of ketones is 1. The van der Waals surface area contributed by atoms with Gasteiger partial charge in [0, 0.05) is 16.1 Å². The summed E-state index contributed by atoms with van der Waals surface area (Å²) in [6.07, 6.45) is 0. The van der Waals surface area contributed by atoms with Crippen LogP contribution in [0, 0.1) is 0 Å². The molecule has 0 bridgehead atoms. The smallest absolute Gasteiger partial charge is 0.251 e. The molecule has 144 valence electrons. The second kappa shape index (κ2) is 8.29. The van der Waals surface area contributed by atoms with Crippen LogP contribution in [0.25, 0.3) is 11.0 Å². The SMILES string of the molecule is O=C(Cn1c(CNC(=O)c2cccc(Cl)c2)nc2ccccc21)c1ccccc1. The van der Waals surface area contributed by atoms with Crippen molar-refractivity contribution in [2.24, 2.45) is 0 Å². The minimum Gasteiger partial charge on any atom is -0.345 e. The molecule has 0 aliphatic carbocycles. The van der Waals surface area contributed by atoms with E-state index in [-0.39, 0.29) is 24.8 Å². The Bertz CT molecular complexity index is 1190. The van der Waals surface area contributed by atoms with Gasteiger partial charge in [0.2, 0.25) is 0 Å². The maximum atomic E-state index is 12.8. The number of nitrogens with one attached hydrogen (secondary N) is 1. The number of para-hydroxylation sites is 2. The molecule has 0 saturated carbocycles. The molecule has 6 heteroatoms. The number of amides is 1. The second-order valence-corrected chi connectivity index (χ2v) is 7.02. The third kappa shape index (κ3) is 4.20. The van der Waals surface area contributed by atoms with E-state index < -0.39 is 0 Å². The van der Waals surface area contributed by atoms with Crippen molar-refractivity contribution in [3.8, 4) is 0 Å². The van der Waals surface area contributed by atoms with Crippen LogP contribution in [0.1, 0.15) is 26.5 Å². The van der Waals surface area contributed by atoms with Gasteiger partial charge >= 0.3 is 0 Å². The Kier molecular flexibility index (Phi) is 5.40. The predicted molar refractivity (Wildman–Crippen MR) is 113 cm³/mol. The summed E-state index contributed by atoms with van der Waals surface area (Å²) in [5, 5.41) is 3.36. The van der Waals surface area contributed by atoms with Gasteiger partial charge in [-0.25, -0.2) is 4.98 Å². The fourth-order valence-electron chi connectivity index (χ4n) is 3.19. The van der Waals surface area contributed by atoms with Crippen molar-refractivity contribution in [3.05, 3.63) is 101 Å². The third-order valence-electron chi connectivity index (χ3n) is 4.62. The quantitative estimate of drug-likeness (QED) is 0.482. The molecule has 0 radical (unpaired) electrons. The summed E-state index contributed by atoms with van der Waals surface area (Å²) in [5.74, 6) is 0.350. The van der Waals surface area contributed by atoms with Crippen LogP contribution >= 0.6 is 11.6 Å². The standard InChI is InChI=1S/C23H18ClN3O2/c24-18-10-6-9-17(13-18)23(29)25-14-22-26-19-11-4-5-12-20(19)27(22)15-21(28)16-7-2-1-3-8-16/h1-13H,14-15H2,(H,25,29). The number of imidazole rings is 1. The van der Waals surface area contributed by atoms with Crippen LogP contribution in [0.3, 0.4) is 0 Å². The van der Waals surface area contributed by atoms with E-state index in [1.807, 2.05) is 47.0 Å². The Morgan fingerprint density at radius 1 is 0.897 bits per heavy atom. The third-order valence-corrected chi connectivity index (χ3v) is 4.86. The fourth-order valence-corrected chi connectivity index (χ4v) is 3.38. The summed E-state index contributed by atoms with van der Waals surface area (Å²) in [6, 6.07) is 23.5. The number of fused-ring (bicyclic) bond motifs is 1. The fraction of sp³-hybridized carbons (Fsp3) is 0.0870. The van der Waals surface area contributed by atoms with Gasteiger partial charge in [0.05, 0.1) is 24.1 Å². The summed E-state index contributed by atoms with van der Waals surface area (Å²) in [6.45, 7) is 0.342. The minimum absolute atomic E-state index is 0.0174. The monoisotopic (exact) mass is 403 g/mol. The number of hydrogen-bond acceptors (Lipinski definition) is 3. The van der Waals surface area contributed by atoms with Gasteiger partial charge in [-0.3, -0.25) is 9.59 Å². The lowest BCUT2D eigenvalue weighted by atomic mass is 10.1. The van der Waals surface area contributed by atoms with Crippen LogP contribution in [-0.4, -0.2) is 21.2 Å². The zero-order valence-electron chi connectivity index (χ0n) is 15.5. The van der Waals surface area contributed by atoms with Crippen molar-refractivity contribution >= 4 is 34.3 Å². The molecule has 0 aliphatic rings. The predicted octanol–water partition coefficient (Wildman–Crippen LogP) is 4.50. The van der Waals surface area contributed by atoms with Crippen molar-refractivity contribution in [1.29, 1.82) is 0 Å². The first kappa shape index (κ1) is 18.9. The molecule has 0 aliphatic heterocycles. The Hall–Kier alpha value is -3.44. The largest absolute Gasteiger partial charge is 0.345 e. The lowest BCUT2D eigenvalue weighted by molar-refractivity contribution is 0.0949. The number of benzene rings is 3. The molecule has 4 rings (SSSR count). The highest BCUT2D eigenvalue weighted by molar-refractivity contribution is 6.30. The molecule has 5 nitrogen and oxygen atoms in total. The number of nitrogens with zero attached hydrogens (tertiary/aromatic N) is 2. The molecule has 1 N–H and O–H groups in total. The number of Topliss-reactive ketones (excluding diaryl/α,β-unsaturated/α-hetero) is 1. The molecule has 1 aromatic heterocycles. The minimum atomic E-state index is -0.250. The summed E-state index contributed by atoms with van der Waals surface area (Å²) in [4.78, 5) is 29.8. The molecule has 4 aromatic rings. The van der Waals surface area contributed by atoms with Gasteiger partial charge in [-0.15, -0.1) is 0 Å². The van der Waals surface area contributed by atoms with Crippen molar-refractivity contribution in [2.75, 3.05) is 0 Å². The number of halogens is 1. The van der Waals surface area contributed by atoms with E-state index in [4.69, 9.17) is 11.6 Å². The number of aromatic nitrogens is 2. The van der Waals surface area contributed by atoms with Crippen molar-refractivity contribution in [1.82, 2.24) is 14.9 Å². The van der Waals surface area contributed by atoms with E-state index in [0.29, 0.717) is 22.0 Å². The summed E-state index contributed by atoms with van der Waals surface area (Å²) in [5.41, 5.74) is 2.74. The Labute approximate surface area is 173 Å². The van der Waals surface area contributed by atoms with Crippen LogP contribution in [-0.2, 0) is 13.1 Å². The van der Waals surface area contributed by atoms with E-state index in [1.54, 1.807) is 36.4 Å². The highest BCUT2D eigenvalue weighted by Gasteiger charge is 2.16. The Morgan fingerprint density at radius 2 is 1.62 bits per heavy atom. The first-order chi connectivity index (χ1) is 14.1. The van der Waals surface area contributed by atoms with E-state index in [1.165, 1.54) is 0 Å². The van der Waals surface area contributed by atoms with Gasteiger partial charge in [0.1, 0.15) is 5.82 Å². The van der Waals surface area contributed by atoms with Crippen LogP contribution in [0.15, 0.2) is 78.9 Å². The van der Waals surface area contributed by atoms with E-state index in [9.17, 15) is 9.59 Å². The van der Waals surface area contributed by atoms with E-state index in [0.717, 1.165) is 11.0 Å². The normalized spacial score (nSPS) is 10.8. The second-order valence-electron chi connectivity index (χ2n) is 6.59. The molecule has 1 heterocycles. The molecule has 29 heavy (non-hydrogen) atoms. The average Bonchev–Trinajstić information content (AvgIpc) is 3.10. The van der Waals surface area contributed by atoms with Crippen molar-refractivity contribution in [2.45, 2.75) is 13.1 Å². The average molecular weight is 404 g/mol. The van der Waals surface area contributed by atoms with Gasteiger partial charge in [-0.05, 0) is 30.3 Å². The first-order valence-electron chi connectivity index (χ1n) is 9.18. The lowest BCUT2D eigenvalue weighted by Gasteiger charge is -2.10. The number of rotatable bonds is 6. The van der Waals surface area contributed by atoms with Crippen molar-refractivity contribution in [3.63, 3.8) is 0 Å². The molecular weight excluding hydrogens is 386 g/mol. The summed E-state index contributed by atoms with van der Waals surface area (Å²) < 4.78 is 1.85. The summed E-state index contributed by atoms with van der Waals surface area (Å²) in [7, 11) is 0.